The Labute approximate surface area is 324 Å². The molecule has 0 aliphatic carbocycles. The lowest BCUT2D eigenvalue weighted by atomic mass is 10.0. The molecule has 0 radical (unpaired) electrons. The van der Waals surface area contributed by atoms with E-state index in [-0.39, 0.29) is 24.9 Å². The van der Waals surface area contributed by atoms with Gasteiger partial charge in [-0.25, -0.2) is 0 Å². The molecule has 0 saturated heterocycles. The van der Waals surface area contributed by atoms with Gasteiger partial charge < -0.3 is 20.3 Å². The number of esters is 1. The van der Waals surface area contributed by atoms with Crippen LogP contribution < -0.4 is 5.32 Å². The van der Waals surface area contributed by atoms with E-state index in [1.807, 2.05) is 0 Å². The van der Waals surface area contributed by atoms with E-state index in [0.29, 0.717) is 19.3 Å². The average Bonchev–Trinajstić information content (AvgIpc) is 3.13. The topological polar surface area (TPSA) is 95.9 Å². The van der Waals surface area contributed by atoms with Gasteiger partial charge in [0.2, 0.25) is 5.91 Å². The van der Waals surface area contributed by atoms with Gasteiger partial charge in [0.25, 0.3) is 0 Å². The highest BCUT2D eigenvalue weighted by molar-refractivity contribution is 5.77. The summed E-state index contributed by atoms with van der Waals surface area (Å²) in [5.74, 6) is -0.463. The number of ether oxygens (including phenoxy) is 1. The highest BCUT2D eigenvalue weighted by Crippen LogP contribution is 2.18. The van der Waals surface area contributed by atoms with Gasteiger partial charge in [-0.2, -0.15) is 0 Å². The highest BCUT2D eigenvalue weighted by atomic mass is 16.5. The fourth-order valence-corrected chi connectivity index (χ4v) is 7.37. The monoisotopic (exact) mass is 738 g/mol. The molecule has 0 bridgehead atoms. The molecule has 6 nitrogen and oxygen atoms in total. The predicted molar refractivity (Wildman–Crippen MR) is 223 cm³/mol. The SMILES string of the molecule is CCCCCCCCCCCCCCCCC(O)C(CO)NC(=O)CC(CCCCCCCCC)OC(=O)CCCCCCCCCCCCCC. The van der Waals surface area contributed by atoms with Crippen molar-refractivity contribution in [1.29, 1.82) is 0 Å². The largest absolute Gasteiger partial charge is 0.462 e. The second-order valence-corrected chi connectivity index (χ2v) is 16.2. The molecule has 0 aromatic heterocycles. The lowest BCUT2D eigenvalue weighted by Gasteiger charge is -2.24. The number of rotatable bonds is 42. The van der Waals surface area contributed by atoms with Crippen molar-refractivity contribution in [1.82, 2.24) is 5.32 Å². The first-order valence-corrected chi connectivity index (χ1v) is 23.3. The van der Waals surface area contributed by atoms with E-state index in [9.17, 15) is 19.8 Å². The van der Waals surface area contributed by atoms with Gasteiger partial charge in [-0.05, 0) is 25.7 Å². The molecule has 1 amide bonds. The van der Waals surface area contributed by atoms with Crippen LogP contribution in [0.25, 0.3) is 0 Å². The molecule has 52 heavy (non-hydrogen) atoms. The number of amides is 1. The van der Waals surface area contributed by atoms with E-state index in [1.54, 1.807) is 0 Å². The summed E-state index contributed by atoms with van der Waals surface area (Å²) in [4.78, 5) is 25.9. The molecule has 0 heterocycles. The summed E-state index contributed by atoms with van der Waals surface area (Å²) in [6.45, 7) is 6.46. The van der Waals surface area contributed by atoms with Crippen LogP contribution in [-0.2, 0) is 14.3 Å². The van der Waals surface area contributed by atoms with E-state index < -0.39 is 18.2 Å². The molecule has 0 fully saturated rings. The Balaban J connectivity index is 4.38. The van der Waals surface area contributed by atoms with Gasteiger partial charge in [0.1, 0.15) is 6.10 Å². The van der Waals surface area contributed by atoms with Crippen molar-refractivity contribution in [3.63, 3.8) is 0 Å². The molecule has 0 aromatic rings. The third kappa shape index (κ3) is 35.9. The summed E-state index contributed by atoms with van der Waals surface area (Å²) in [7, 11) is 0. The maximum atomic E-state index is 13.1. The normalized spacial score (nSPS) is 13.2. The van der Waals surface area contributed by atoms with Crippen molar-refractivity contribution >= 4 is 11.9 Å². The van der Waals surface area contributed by atoms with Crippen molar-refractivity contribution in [3.05, 3.63) is 0 Å². The Morgan fingerprint density at radius 1 is 0.481 bits per heavy atom. The zero-order chi connectivity index (χ0) is 38.2. The smallest absolute Gasteiger partial charge is 0.306 e. The van der Waals surface area contributed by atoms with Crippen LogP contribution in [0.15, 0.2) is 0 Å². The van der Waals surface area contributed by atoms with Crippen LogP contribution in [-0.4, -0.2) is 46.9 Å². The quantitative estimate of drug-likeness (QED) is 0.0428. The molecule has 6 heteroatoms. The van der Waals surface area contributed by atoms with Crippen LogP contribution in [0.1, 0.15) is 258 Å². The van der Waals surface area contributed by atoms with E-state index in [0.717, 1.165) is 44.9 Å². The van der Waals surface area contributed by atoms with E-state index in [1.165, 1.54) is 167 Å². The molecule has 0 aromatic carbocycles. The molecule has 3 unspecified atom stereocenters. The third-order valence-corrected chi connectivity index (χ3v) is 10.9. The maximum Gasteiger partial charge on any atom is 0.306 e. The Morgan fingerprint density at radius 3 is 1.17 bits per heavy atom. The van der Waals surface area contributed by atoms with Gasteiger partial charge >= 0.3 is 5.97 Å². The number of aliphatic hydroxyl groups is 2. The number of carbonyl (C=O) groups excluding carboxylic acids is 2. The molecular weight excluding hydrogens is 647 g/mol. The number of unbranched alkanes of at least 4 members (excludes halogenated alkanes) is 30. The Kier molecular flexibility index (Phi) is 40.1. The van der Waals surface area contributed by atoms with Crippen molar-refractivity contribution in [3.8, 4) is 0 Å². The molecule has 0 rings (SSSR count). The molecular formula is C46H91NO5. The number of hydrogen-bond donors (Lipinski definition) is 3. The van der Waals surface area contributed by atoms with Crippen LogP contribution in [0, 0.1) is 0 Å². The molecule has 0 spiro atoms. The zero-order valence-corrected chi connectivity index (χ0v) is 35.2. The van der Waals surface area contributed by atoms with Gasteiger partial charge in [-0.15, -0.1) is 0 Å². The van der Waals surface area contributed by atoms with E-state index in [4.69, 9.17) is 4.74 Å². The molecule has 0 aliphatic heterocycles. The molecule has 3 N–H and O–H groups in total. The van der Waals surface area contributed by atoms with Crippen LogP contribution in [0.3, 0.4) is 0 Å². The summed E-state index contributed by atoms with van der Waals surface area (Å²) in [5.41, 5.74) is 0. The van der Waals surface area contributed by atoms with Gasteiger partial charge in [0.15, 0.2) is 0 Å². The summed E-state index contributed by atoms with van der Waals surface area (Å²) in [5, 5.41) is 23.6. The van der Waals surface area contributed by atoms with Crippen molar-refractivity contribution in [2.75, 3.05) is 6.61 Å². The summed E-state index contributed by atoms with van der Waals surface area (Å²) >= 11 is 0. The third-order valence-electron chi connectivity index (χ3n) is 10.9. The first-order valence-electron chi connectivity index (χ1n) is 23.3. The Morgan fingerprint density at radius 2 is 0.808 bits per heavy atom. The highest BCUT2D eigenvalue weighted by Gasteiger charge is 2.24. The van der Waals surface area contributed by atoms with Crippen LogP contribution in [0.5, 0.6) is 0 Å². The van der Waals surface area contributed by atoms with Crippen LogP contribution >= 0.6 is 0 Å². The van der Waals surface area contributed by atoms with Gasteiger partial charge in [-0.3, -0.25) is 9.59 Å². The van der Waals surface area contributed by atoms with E-state index in [2.05, 4.69) is 26.1 Å². The number of hydrogen-bond acceptors (Lipinski definition) is 5. The van der Waals surface area contributed by atoms with Crippen molar-refractivity contribution in [2.45, 2.75) is 277 Å². The fraction of sp³-hybridized carbons (Fsp3) is 0.957. The lowest BCUT2D eigenvalue weighted by Crippen LogP contribution is -2.46. The van der Waals surface area contributed by atoms with Crippen LogP contribution in [0.4, 0.5) is 0 Å². The second-order valence-electron chi connectivity index (χ2n) is 16.2. The fourth-order valence-electron chi connectivity index (χ4n) is 7.37. The minimum absolute atomic E-state index is 0.0854. The Bertz CT molecular complexity index is 746. The number of carbonyl (C=O) groups is 2. The number of aliphatic hydroxyl groups excluding tert-OH is 2. The van der Waals surface area contributed by atoms with Gasteiger partial charge in [0.05, 0.1) is 25.2 Å². The van der Waals surface area contributed by atoms with Crippen molar-refractivity contribution < 1.29 is 24.5 Å². The molecule has 3 atom stereocenters. The van der Waals surface area contributed by atoms with Crippen LogP contribution in [0.2, 0.25) is 0 Å². The van der Waals surface area contributed by atoms with E-state index >= 15 is 0 Å². The standard InChI is InChI=1S/C46H91NO5/c1-4-7-10-13-16-18-20-22-23-24-26-29-32-35-38-44(49)43(41-48)47-45(50)40-42(37-34-31-28-15-12-9-6-3)52-46(51)39-36-33-30-27-25-21-19-17-14-11-8-5-2/h42-44,48-49H,4-41H2,1-3H3,(H,47,50). The maximum absolute atomic E-state index is 13.1. The molecule has 0 aliphatic rings. The minimum Gasteiger partial charge on any atom is -0.462 e. The summed E-state index contributed by atoms with van der Waals surface area (Å²) < 4.78 is 5.87. The first-order chi connectivity index (χ1) is 25.5. The zero-order valence-electron chi connectivity index (χ0n) is 35.2. The predicted octanol–water partition coefficient (Wildman–Crippen LogP) is 13.2. The minimum atomic E-state index is -0.777. The second kappa shape index (κ2) is 41.0. The summed E-state index contributed by atoms with van der Waals surface area (Å²) in [6.07, 6.45) is 41.7. The summed E-state index contributed by atoms with van der Waals surface area (Å²) in [6, 6.07) is -0.689. The van der Waals surface area contributed by atoms with Crippen molar-refractivity contribution in [2.24, 2.45) is 0 Å². The lowest BCUT2D eigenvalue weighted by molar-refractivity contribution is -0.151. The molecule has 0 saturated carbocycles. The number of nitrogens with one attached hydrogen (secondary N) is 1. The average molecular weight is 738 g/mol. The Hall–Kier alpha value is -1.14. The van der Waals surface area contributed by atoms with Gasteiger partial charge in [-0.1, -0.05) is 220 Å². The molecule has 310 valence electrons. The van der Waals surface area contributed by atoms with Gasteiger partial charge in [0, 0.05) is 6.42 Å². The first kappa shape index (κ1) is 50.9.